The van der Waals surface area contributed by atoms with Crippen molar-refractivity contribution in [2.75, 3.05) is 26.4 Å². The fourth-order valence-electron chi connectivity index (χ4n) is 2.17. The van der Waals surface area contributed by atoms with Crippen LogP contribution in [0.1, 0.15) is 31.4 Å². The Balaban J connectivity index is 2.02. The third-order valence-corrected chi connectivity index (χ3v) is 3.39. The van der Waals surface area contributed by atoms with Crippen molar-refractivity contribution < 1.29 is 19.7 Å². The van der Waals surface area contributed by atoms with Gasteiger partial charge < -0.3 is 25.0 Å². The molecule has 1 aromatic carbocycles. The van der Waals surface area contributed by atoms with Gasteiger partial charge in [-0.25, -0.2) is 0 Å². The Hall–Kier alpha value is -1.30. The van der Waals surface area contributed by atoms with E-state index in [-0.39, 0.29) is 12.6 Å². The summed E-state index contributed by atoms with van der Waals surface area (Å²) >= 11 is 0. The maximum atomic E-state index is 10.3. The van der Waals surface area contributed by atoms with Crippen molar-refractivity contribution in [3.63, 3.8) is 0 Å². The molecule has 20 heavy (non-hydrogen) atoms. The summed E-state index contributed by atoms with van der Waals surface area (Å²) in [6, 6.07) is 5.46. The third-order valence-electron chi connectivity index (χ3n) is 3.39. The van der Waals surface area contributed by atoms with Crippen molar-refractivity contribution in [2.45, 2.75) is 31.9 Å². The summed E-state index contributed by atoms with van der Waals surface area (Å²) in [6.07, 6.45) is 0.926. The van der Waals surface area contributed by atoms with E-state index in [0.717, 1.165) is 17.7 Å². The van der Waals surface area contributed by atoms with Gasteiger partial charge in [-0.2, -0.15) is 0 Å². The predicted octanol–water partition coefficient (Wildman–Crippen LogP) is 1.24. The first kappa shape index (κ1) is 15.1. The number of nitrogens with one attached hydrogen (secondary N) is 1. The first-order valence-electron chi connectivity index (χ1n) is 7.14. The zero-order valence-electron chi connectivity index (χ0n) is 11.8. The Kier molecular flexibility index (Phi) is 5.64. The van der Waals surface area contributed by atoms with Gasteiger partial charge in [0.05, 0.1) is 19.3 Å². The summed E-state index contributed by atoms with van der Waals surface area (Å²) in [7, 11) is 0. The number of aliphatic hydroxyl groups excluding tert-OH is 2. The summed E-state index contributed by atoms with van der Waals surface area (Å²) in [5.41, 5.74) is 0.804. The predicted molar refractivity (Wildman–Crippen MR) is 76.2 cm³/mol. The number of hydrogen-bond acceptors (Lipinski definition) is 5. The van der Waals surface area contributed by atoms with Gasteiger partial charge in [0.2, 0.25) is 0 Å². The Morgan fingerprint density at radius 3 is 2.75 bits per heavy atom. The van der Waals surface area contributed by atoms with Crippen LogP contribution in [-0.2, 0) is 0 Å². The molecule has 0 bridgehead atoms. The topological polar surface area (TPSA) is 71.0 Å². The van der Waals surface area contributed by atoms with Crippen LogP contribution in [0.2, 0.25) is 0 Å². The molecule has 0 saturated carbocycles. The first-order valence-corrected chi connectivity index (χ1v) is 7.14. The highest BCUT2D eigenvalue weighted by molar-refractivity contribution is 5.44. The van der Waals surface area contributed by atoms with E-state index in [4.69, 9.17) is 14.6 Å². The highest BCUT2D eigenvalue weighted by atomic mass is 16.5. The number of ether oxygens (including phenoxy) is 2. The van der Waals surface area contributed by atoms with Crippen LogP contribution in [0.25, 0.3) is 0 Å². The van der Waals surface area contributed by atoms with Crippen LogP contribution in [0.5, 0.6) is 11.5 Å². The molecule has 2 atom stereocenters. The second-order valence-corrected chi connectivity index (χ2v) is 5.02. The van der Waals surface area contributed by atoms with Crippen LogP contribution < -0.4 is 14.8 Å². The maximum absolute atomic E-state index is 10.3. The molecule has 2 unspecified atom stereocenters. The van der Waals surface area contributed by atoms with E-state index in [2.05, 4.69) is 5.32 Å². The van der Waals surface area contributed by atoms with E-state index in [0.29, 0.717) is 31.9 Å². The van der Waals surface area contributed by atoms with E-state index < -0.39 is 6.10 Å². The van der Waals surface area contributed by atoms with Crippen molar-refractivity contribution in [3.05, 3.63) is 23.8 Å². The molecule has 1 heterocycles. The molecule has 1 aliphatic heterocycles. The number of aliphatic hydroxyl groups is 2. The van der Waals surface area contributed by atoms with Gasteiger partial charge in [0, 0.05) is 19.1 Å². The van der Waals surface area contributed by atoms with Crippen LogP contribution >= 0.6 is 0 Å². The van der Waals surface area contributed by atoms with Crippen LogP contribution in [0, 0.1) is 0 Å². The Morgan fingerprint density at radius 2 is 2.00 bits per heavy atom. The van der Waals surface area contributed by atoms with Crippen molar-refractivity contribution in [3.8, 4) is 11.5 Å². The molecule has 5 heteroatoms. The van der Waals surface area contributed by atoms with E-state index in [1.165, 1.54) is 0 Å². The van der Waals surface area contributed by atoms with Crippen molar-refractivity contribution >= 4 is 0 Å². The summed E-state index contributed by atoms with van der Waals surface area (Å²) in [5.74, 6) is 1.43. The average Bonchev–Trinajstić information content (AvgIpc) is 2.71. The van der Waals surface area contributed by atoms with Gasteiger partial charge in [-0.05, 0) is 37.6 Å². The second kappa shape index (κ2) is 7.47. The minimum Gasteiger partial charge on any atom is -0.490 e. The molecule has 112 valence electrons. The largest absolute Gasteiger partial charge is 0.490 e. The van der Waals surface area contributed by atoms with Crippen LogP contribution in [-0.4, -0.2) is 42.6 Å². The smallest absolute Gasteiger partial charge is 0.161 e. The minimum atomic E-state index is -0.620. The molecule has 0 spiro atoms. The van der Waals surface area contributed by atoms with Gasteiger partial charge >= 0.3 is 0 Å². The zero-order valence-corrected chi connectivity index (χ0v) is 11.8. The van der Waals surface area contributed by atoms with Gasteiger partial charge in [-0.15, -0.1) is 0 Å². The highest BCUT2D eigenvalue weighted by Crippen LogP contribution is 2.32. The molecular weight excluding hydrogens is 258 g/mol. The summed E-state index contributed by atoms with van der Waals surface area (Å²) in [6.45, 7) is 4.05. The van der Waals surface area contributed by atoms with Gasteiger partial charge in [0.25, 0.3) is 0 Å². The molecule has 1 aromatic rings. The van der Waals surface area contributed by atoms with E-state index in [1.54, 1.807) is 0 Å². The monoisotopic (exact) mass is 281 g/mol. The second-order valence-electron chi connectivity index (χ2n) is 5.02. The molecule has 0 radical (unpaired) electrons. The number of hydrogen-bond donors (Lipinski definition) is 3. The van der Waals surface area contributed by atoms with E-state index >= 15 is 0 Å². The quantitative estimate of drug-likeness (QED) is 0.684. The SMILES string of the molecule is CC(NCCCO)C(O)c1ccc2c(c1)OCCCO2. The standard InChI is InChI=1S/C15H23NO4/c1-11(16-6-2-7-17)15(18)12-4-5-13-14(10-12)20-9-3-8-19-13/h4-5,10-11,15-18H,2-3,6-9H2,1H3. The third kappa shape index (κ3) is 3.85. The number of fused-ring (bicyclic) bond motifs is 1. The molecule has 0 fully saturated rings. The normalized spacial score (nSPS) is 17.4. The Labute approximate surface area is 119 Å². The average molecular weight is 281 g/mol. The summed E-state index contributed by atoms with van der Waals surface area (Å²) in [5, 5.41) is 22.3. The lowest BCUT2D eigenvalue weighted by atomic mass is 10.0. The lowest BCUT2D eigenvalue weighted by Crippen LogP contribution is -2.33. The minimum absolute atomic E-state index is 0.0914. The molecule has 0 aromatic heterocycles. The summed E-state index contributed by atoms with van der Waals surface area (Å²) < 4.78 is 11.2. The van der Waals surface area contributed by atoms with E-state index in [1.807, 2.05) is 25.1 Å². The van der Waals surface area contributed by atoms with Gasteiger partial charge in [-0.3, -0.25) is 0 Å². The lowest BCUT2D eigenvalue weighted by Gasteiger charge is -2.21. The molecule has 1 aliphatic rings. The van der Waals surface area contributed by atoms with Crippen LogP contribution in [0.4, 0.5) is 0 Å². The Bertz CT molecular complexity index is 424. The van der Waals surface area contributed by atoms with Crippen molar-refractivity contribution in [1.82, 2.24) is 5.32 Å². The Morgan fingerprint density at radius 1 is 1.25 bits per heavy atom. The zero-order chi connectivity index (χ0) is 14.4. The van der Waals surface area contributed by atoms with Gasteiger partial charge in [-0.1, -0.05) is 6.07 Å². The molecular formula is C15H23NO4. The molecule has 0 amide bonds. The number of benzene rings is 1. The van der Waals surface area contributed by atoms with Crippen LogP contribution in [0.3, 0.4) is 0 Å². The first-order chi connectivity index (χ1) is 9.72. The molecule has 0 aliphatic carbocycles. The number of rotatable bonds is 6. The van der Waals surface area contributed by atoms with Gasteiger partial charge in [0.15, 0.2) is 11.5 Å². The van der Waals surface area contributed by atoms with Crippen LogP contribution in [0.15, 0.2) is 18.2 Å². The van der Waals surface area contributed by atoms with Gasteiger partial charge in [0.1, 0.15) is 0 Å². The highest BCUT2D eigenvalue weighted by Gasteiger charge is 2.19. The molecule has 2 rings (SSSR count). The maximum Gasteiger partial charge on any atom is 0.161 e. The molecule has 3 N–H and O–H groups in total. The molecule has 5 nitrogen and oxygen atoms in total. The lowest BCUT2D eigenvalue weighted by molar-refractivity contribution is 0.134. The fraction of sp³-hybridized carbons (Fsp3) is 0.600. The van der Waals surface area contributed by atoms with Crippen molar-refractivity contribution in [2.24, 2.45) is 0 Å². The van der Waals surface area contributed by atoms with Crippen molar-refractivity contribution in [1.29, 1.82) is 0 Å². The fourth-order valence-corrected chi connectivity index (χ4v) is 2.17. The summed E-state index contributed by atoms with van der Waals surface area (Å²) in [4.78, 5) is 0. The van der Waals surface area contributed by atoms with E-state index in [9.17, 15) is 5.11 Å². The molecule has 0 saturated heterocycles.